The van der Waals surface area contributed by atoms with Crippen molar-refractivity contribution in [3.05, 3.63) is 30.0 Å². The Balaban J connectivity index is 2.18. The van der Waals surface area contributed by atoms with E-state index in [1.807, 2.05) is 0 Å². The number of nitrogens with zero attached hydrogens (tertiary/aromatic N) is 1. The molecule has 2 rings (SSSR count). The molecule has 0 amide bonds. The van der Waals surface area contributed by atoms with Gasteiger partial charge in [-0.3, -0.25) is 0 Å². The van der Waals surface area contributed by atoms with Crippen LogP contribution in [0.15, 0.2) is 28.8 Å². The fraction of sp³-hybridized carbons (Fsp3) is 0.400. The number of nitrogens with two attached hydrogens (primary N) is 1. The van der Waals surface area contributed by atoms with Crippen LogP contribution in [-0.4, -0.2) is 11.8 Å². The van der Waals surface area contributed by atoms with Gasteiger partial charge in [0.15, 0.2) is 0 Å². The maximum absolute atomic E-state index is 12.1. The van der Waals surface area contributed by atoms with Gasteiger partial charge < -0.3 is 15.0 Å². The zero-order chi connectivity index (χ0) is 15.2. The van der Waals surface area contributed by atoms with Gasteiger partial charge in [-0.25, -0.2) is 0 Å². The number of benzene rings is 1. The van der Waals surface area contributed by atoms with Crippen molar-refractivity contribution in [2.75, 3.05) is 5.73 Å². The van der Waals surface area contributed by atoms with Crippen molar-refractivity contribution in [1.82, 2.24) is 5.16 Å². The van der Waals surface area contributed by atoms with Crippen molar-refractivity contribution in [1.29, 1.82) is 0 Å². The van der Waals surface area contributed by atoms with E-state index in [-0.39, 0.29) is 11.6 Å². The first-order chi connectivity index (χ1) is 10.1. The van der Waals surface area contributed by atoms with E-state index < -0.39 is 6.61 Å². The number of halogens is 2. The Morgan fingerprint density at radius 1 is 1.24 bits per heavy atom. The molecule has 1 aromatic heterocycles. The van der Waals surface area contributed by atoms with E-state index in [9.17, 15) is 8.78 Å². The van der Waals surface area contributed by atoms with Crippen molar-refractivity contribution in [3.63, 3.8) is 0 Å². The van der Waals surface area contributed by atoms with Crippen LogP contribution >= 0.6 is 0 Å². The van der Waals surface area contributed by atoms with Crippen LogP contribution in [0.3, 0.4) is 0 Å². The van der Waals surface area contributed by atoms with E-state index in [2.05, 4.69) is 16.8 Å². The van der Waals surface area contributed by atoms with Gasteiger partial charge in [0.25, 0.3) is 0 Å². The van der Waals surface area contributed by atoms with Crippen molar-refractivity contribution in [2.24, 2.45) is 0 Å². The second kappa shape index (κ2) is 7.06. The molecule has 0 aliphatic carbocycles. The third-order valence-corrected chi connectivity index (χ3v) is 3.17. The Labute approximate surface area is 121 Å². The molecule has 0 saturated heterocycles. The van der Waals surface area contributed by atoms with Crippen molar-refractivity contribution < 1.29 is 18.0 Å². The molecule has 0 atom stereocenters. The standard InChI is InChI=1S/C15H18F2N2O2/c1-2-3-4-5-12-13(14(18)21-19-12)10-6-8-11(9-7-10)20-15(16)17/h6-9,15H,2-5,18H2,1H3. The van der Waals surface area contributed by atoms with Crippen molar-refractivity contribution >= 4 is 5.88 Å². The minimum absolute atomic E-state index is 0.108. The van der Waals surface area contributed by atoms with Crippen molar-refractivity contribution in [2.45, 2.75) is 39.2 Å². The maximum Gasteiger partial charge on any atom is 0.387 e. The Hall–Kier alpha value is -2.11. The number of ether oxygens (including phenoxy) is 1. The molecular weight excluding hydrogens is 278 g/mol. The molecule has 2 N–H and O–H groups in total. The van der Waals surface area contributed by atoms with Gasteiger partial charge in [0.05, 0.1) is 11.3 Å². The summed E-state index contributed by atoms with van der Waals surface area (Å²) in [6.07, 6.45) is 4.00. The smallest absolute Gasteiger partial charge is 0.387 e. The highest BCUT2D eigenvalue weighted by molar-refractivity contribution is 5.75. The van der Waals surface area contributed by atoms with Crippen LogP contribution in [0, 0.1) is 0 Å². The van der Waals surface area contributed by atoms with Gasteiger partial charge in [-0.2, -0.15) is 8.78 Å². The lowest BCUT2D eigenvalue weighted by Gasteiger charge is -2.06. The molecule has 0 saturated carbocycles. The van der Waals surface area contributed by atoms with E-state index in [0.29, 0.717) is 0 Å². The molecule has 2 aromatic rings. The minimum atomic E-state index is -2.83. The van der Waals surface area contributed by atoms with Gasteiger partial charge in [-0.1, -0.05) is 37.1 Å². The summed E-state index contributed by atoms with van der Waals surface area (Å²) in [6.45, 7) is -0.707. The van der Waals surface area contributed by atoms with Gasteiger partial charge >= 0.3 is 6.61 Å². The molecule has 0 radical (unpaired) electrons. The predicted octanol–water partition coefficient (Wildman–Crippen LogP) is 4.26. The fourth-order valence-electron chi connectivity index (χ4n) is 2.16. The maximum atomic E-state index is 12.1. The number of anilines is 1. The summed E-state index contributed by atoms with van der Waals surface area (Å²) >= 11 is 0. The highest BCUT2D eigenvalue weighted by Crippen LogP contribution is 2.32. The molecule has 6 heteroatoms. The molecule has 0 aliphatic rings. The van der Waals surface area contributed by atoms with Crippen molar-refractivity contribution in [3.8, 4) is 16.9 Å². The summed E-state index contributed by atoms with van der Waals surface area (Å²) in [4.78, 5) is 0. The lowest BCUT2D eigenvalue weighted by atomic mass is 10.0. The first kappa shape index (κ1) is 15.3. The van der Waals surface area contributed by atoms with Crippen LogP contribution in [-0.2, 0) is 6.42 Å². The third-order valence-electron chi connectivity index (χ3n) is 3.17. The van der Waals surface area contributed by atoms with Crippen LogP contribution in [0.5, 0.6) is 5.75 Å². The molecular formula is C15H18F2N2O2. The Morgan fingerprint density at radius 3 is 2.57 bits per heavy atom. The van der Waals surface area contributed by atoms with Gasteiger partial charge in [0.1, 0.15) is 5.75 Å². The number of aryl methyl sites for hydroxylation is 1. The van der Waals surface area contributed by atoms with E-state index >= 15 is 0 Å². The largest absolute Gasteiger partial charge is 0.435 e. The summed E-state index contributed by atoms with van der Waals surface area (Å²) < 4.78 is 33.6. The molecule has 0 aliphatic heterocycles. The zero-order valence-corrected chi connectivity index (χ0v) is 11.8. The summed E-state index contributed by atoms with van der Waals surface area (Å²) in [5.41, 5.74) is 8.12. The lowest BCUT2D eigenvalue weighted by Crippen LogP contribution is -2.01. The average Bonchev–Trinajstić information content (AvgIpc) is 2.81. The molecule has 0 fully saturated rings. The Kier molecular flexibility index (Phi) is 5.14. The van der Waals surface area contributed by atoms with Crippen LogP contribution in [0.1, 0.15) is 31.9 Å². The van der Waals surface area contributed by atoms with E-state index in [1.165, 1.54) is 12.1 Å². The summed E-state index contributed by atoms with van der Waals surface area (Å²) in [6, 6.07) is 6.29. The number of hydrogen-bond acceptors (Lipinski definition) is 4. The normalized spacial score (nSPS) is 11.0. The fourth-order valence-corrected chi connectivity index (χ4v) is 2.16. The monoisotopic (exact) mass is 296 g/mol. The topological polar surface area (TPSA) is 61.3 Å². The Morgan fingerprint density at radius 2 is 1.95 bits per heavy atom. The average molecular weight is 296 g/mol. The first-order valence-corrected chi connectivity index (χ1v) is 6.91. The molecule has 4 nitrogen and oxygen atoms in total. The number of aromatic nitrogens is 1. The van der Waals surface area contributed by atoms with E-state index in [4.69, 9.17) is 10.3 Å². The quantitative estimate of drug-likeness (QED) is 0.775. The minimum Gasteiger partial charge on any atom is -0.435 e. The molecule has 1 aromatic carbocycles. The predicted molar refractivity (Wildman–Crippen MR) is 76.2 cm³/mol. The van der Waals surface area contributed by atoms with E-state index in [0.717, 1.165) is 42.5 Å². The summed E-state index contributed by atoms with van der Waals surface area (Å²) in [5, 5.41) is 3.98. The van der Waals surface area contributed by atoms with Crippen LogP contribution < -0.4 is 10.5 Å². The second-order valence-corrected chi connectivity index (χ2v) is 4.73. The highest BCUT2D eigenvalue weighted by atomic mass is 19.3. The number of alkyl halides is 2. The van der Waals surface area contributed by atoms with Crippen LogP contribution in [0.2, 0.25) is 0 Å². The van der Waals surface area contributed by atoms with Crippen LogP contribution in [0.4, 0.5) is 14.7 Å². The van der Waals surface area contributed by atoms with Gasteiger partial charge in [0, 0.05) is 0 Å². The molecule has 0 spiro atoms. The third kappa shape index (κ3) is 3.93. The van der Waals surface area contributed by atoms with E-state index in [1.54, 1.807) is 12.1 Å². The number of nitrogen functional groups attached to an aromatic ring is 1. The second-order valence-electron chi connectivity index (χ2n) is 4.73. The molecule has 1 heterocycles. The Bertz CT molecular complexity index is 568. The number of rotatable bonds is 7. The molecule has 0 unspecified atom stereocenters. The number of hydrogen-bond donors (Lipinski definition) is 1. The SMILES string of the molecule is CCCCCc1noc(N)c1-c1ccc(OC(F)F)cc1. The van der Waals surface area contributed by atoms with Gasteiger partial charge in [-0.05, 0) is 30.5 Å². The first-order valence-electron chi connectivity index (χ1n) is 6.91. The van der Waals surface area contributed by atoms with Gasteiger partial charge in [-0.15, -0.1) is 0 Å². The summed E-state index contributed by atoms with van der Waals surface area (Å²) in [5.74, 6) is 0.348. The zero-order valence-electron chi connectivity index (χ0n) is 11.8. The molecule has 0 bridgehead atoms. The number of unbranched alkanes of at least 4 members (excludes halogenated alkanes) is 2. The lowest BCUT2D eigenvalue weighted by molar-refractivity contribution is -0.0498. The van der Waals surface area contributed by atoms with Gasteiger partial charge in [0.2, 0.25) is 5.88 Å². The van der Waals surface area contributed by atoms with Crippen LogP contribution in [0.25, 0.3) is 11.1 Å². The highest BCUT2D eigenvalue weighted by Gasteiger charge is 2.15. The molecule has 114 valence electrons. The molecule has 21 heavy (non-hydrogen) atoms. The summed E-state index contributed by atoms with van der Waals surface area (Å²) in [7, 11) is 0.